The average Bonchev–Trinajstić information content (AvgIpc) is 2.67. The van der Waals surface area contributed by atoms with Gasteiger partial charge in [-0.1, -0.05) is 38.2 Å². The zero-order valence-electron chi connectivity index (χ0n) is 14.8. The number of carbonyl (C=O) groups is 1. The third-order valence-corrected chi connectivity index (χ3v) is 5.68. The molecule has 1 aliphatic heterocycles. The molecular weight excluding hydrogens is 298 g/mol. The van der Waals surface area contributed by atoms with E-state index in [2.05, 4.69) is 21.3 Å². The molecule has 1 saturated carbocycles. The molecule has 132 valence electrons. The fourth-order valence-corrected chi connectivity index (χ4v) is 4.06. The normalized spacial score (nSPS) is 20.1. The van der Waals surface area contributed by atoms with Gasteiger partial charge in [0, 0.05) is 32.3 Å². The summed E-state index contributed by atoms with van der Waals surface area (Å²) in [6, 6.07) is 6.08. The third-order valence-electron chi connectivity index (χ3n) is 5.68. The highest BCUT2D eigenvalue weighted by molar-refractivity contribution is 5.75. The van der Waals surface area contributed by atoms with E-state index in [9.17, 15) is 4.79 Å². The van der Waals surface area contributed by atoms with Gasteiger partial charge in [-0.15, -0.1) is 0 Å². The first-order valence-corrected chi connectivity index (χ1v) is 9.74. The van der Waals surface area contributed by atoms with E-state index >= 15 is 0 Å². The van der Waals surface area contributed by atoms with E-state index in [1.807, 2.05) is 18.3 Å². The van der Waals surface area contributed by atoms with Crippen LogP contribution in [0.5, 0.6) is 0 Å². The second-order valence-corrected chi connectivity index (χ2v) is 7.47. The molecule has 0 unspecified atom stereocenters. The van der Waals surface area contributed by atoms with E-state index in [0.29, 0.717) is 5.92 Å². The Morgan fingerprint density at radius 1 is 1.08 bits per heavy atom. The Bertz CT molecular complexity index is 491. The van der Waals surface area contributed by atoms with Crippen LogP contribution in [-0.2, 0) is 4.79 Å². The van der Waals surface area contributed by atoms with E-state index in [4.69, 9.17) is 0 Å². The second kappa shape index (κ2) is 9.05. The maximum Gasteiger partial charge on any atom is 0.220 e. The van der Waals surface area contributed by atoms with Gasteiger partial charge in [0.25, 0.3) is 0 Å². The first-order chi connectivity index (χ1) is 11.8. The molecular formula is C20H31N3O. The minimum Gasteiger partial charge on any atom is -0.357 e. The predicted octanol–water partition coefficient (Wildman–Crippen LogP) is 3.77. The Labute approximate surface area is 146 Å². The Balaban J connectivity index is 1.31. The van der Waals surface area contributed by atoms with Crippen molar-refractivity contribution >= 4 is 11.7 Å². The van der Waals surface area contributed by atoms with E-state index in [1.54, 1.807) is 0 Å². The lowest BCUT2D eigenvalue weighted by molar-refractivity contribution is -0.121. The molecule has 1 aliphatic carbocycles. The van der Waals surface area contributed by atoms with Gasteiger partial charge in [0.15, 0.2) is 0 Å². The molecule has 1 amide bonds. The lowest BCUT2D eigenvalue weighted by atomic mass is 9.86. The summed E-state index contributed by atoms with van der Waals surface area (Å²) < 4.78 is 0. The van der Waals surface area contributed by atoms with Crippen LogP contribution in [0.15, 0.2) is 24.4 Å². The van der Waals surface area contributed by atoms with Crippen LogP contribution in [0, 0.1) is 11.8 Å². The molecule has 4 nitrogen and oxygen atoms in total. The molecule has 1 N–H and O–H groups in total. The summed E-state index contributed by atoms with van der Waals surface area (Å²) >= 11 is 0. The minimum absolute atomic E-state index is 0.257. The largest absolute Gasteiger partial charge is 0.357 e. The van der Waals surface area contributed by atoms with Gasteiger partial charge in [-0.3, -0.25) is 4.79 Å². The van der Waals surface area contributed by atoms with E-state index in [-0.39, 0.29) is 5.91 Å². The molecule has 2 fully saturated rings. The molecule has 1 saturated heterocycles. The minimum atomic E-state index is 0.257. The molecule has 0 bridgehead atoms. The van der Waals surface area contributed by atoms with Crippen molar-refractivity contribution in [3.05, 3.63) is 24.4 Å². The molecule has 0 spiro atoms. The van der Waals surface area contributed by atoms with Crippen molar-refractivity contribution in [1.82, 2.24) is 10.3 Å². The number of carbonyl (C=O) groups excluding carboxylic acids is 1. The van der Waals surface area contributed by atoms with Gasteiger partial charge in [0.2, 0.25) is 5.91 Å². The number of nitrogens with zero attached hydrogens (tertiary/aromatic N) is 2. The number of aromatic nitrogens is 1. The number of hydrogen-bond acceptors (Lipinski definition) is 3. The van der Waals surface area contributed by atoms with E-state index in [0.717, 1.165) is 57.1 Å². The first kappa shape index (κ1) is 17.2. The van der Waals surface area contributed by atoms with Gasteiger partial charge < -0.3 is 10.2 Å². The van der Waals surface area contributed by atoms with Gasteiger partial charge in [0.1, 0.15) is 5.82 Å². The van der Waals surface area contributed by atoms with Crippen molar-refractivity contribution < 1.29 is 4.79 Å². The van der Waals surface area contributed by atoms with Gasteiger partial charge in [0.05, 0.1) is 0 Å². The molecule has 0 atom stereocenters. The fourth-order valence-electron chi connectivity index (χ4n) is 4.06. The zero-order valence-corrected chi connectivity index (χ0v) is 14.8. The van der Waals surface area contributed by atoms with Crippen molar-refractivity contribution in [2.45, 2.75) is 57.8 Å². The van der Waals surface area contributed by atoms with Gasteiger partial charge in [-0.2, -0.15) is 0 Å². The van der Waals surface area contributed by atoms with Crippen LogP contribution in [0.25, 0.3) is 0 Å². The summed E-state index contributed by atoms with van der Waals surface area (Å²) in [5.74, 6) is 2.75. The van der Waals surface area contributed by atoms with Gasteiger partial charge >= 0.3 is 0 Å². The van der Waals surface area contributed by atoms with Crippen LogP contribution in [0.4, 0.5) is 5.82 Å². The second-order valence-electron chi connectivity index (χ2n) is 7.47. The fraction of sp³-hybridized carbons (Fsp3) is 0.700. The Hall–Kier alpha value is -1.58. The Morgan fingerprint density at radius 3 is 2.58 bits per heavy atom. The number of rotatable bonds is 6. The first-order valence-electron chi connectivity index (χ1n) is 9.74. The number of piperidine rings is 1. The molecule has 0 aromatic carbocycles. The topological polar surface area (TPSA) is 45.2 Å². The van der Waals surface area contributed by atoms with Crippen LogP contribution in [0.1, 0.15) is 57.8 Å². The van der Waals surface area contributed by atoms with Crippen molar-refractivity contribution in [3.8, 4) is 0 Å². The lowest BCUT2D eigenvalue weighted by Crippen LogP contribution is -2.39. The number of pyridine rings is 1. The quantitative estimate of drug-likeness (QED) is 0.864. The molecule has 4 heteroatoms. The van der Waals surface area contributed by atoms with Crippen LogP contribution >= 0.6 is 0 Å². The molecule has 2 aliphatic rings. The Kier molecular flexibility index (Phi) is 6.50. The molecule has 2 heterocycles. The zero-order chi connectivity index (χ0) is 16.6. The van der Waals surface area contributed by atoms with Crippen molar-refractivity contribution in [2.75, 3.05) is 24.5 Å². The van der Waals surface area contributed by atoms with E-state index < -0.39 is 0 Å². The standard InChI is InChI=1S/C20H31N3O/c24-20(10-9-17-6-2-1-3-7-17)22-16-18-11-14-23(15-12-18)19-8-4-5-13-21-19/h4-5,8,13,17-18H,1-3,6-7,9-12,14-16H2,(H,22,24). The third kappa shape index (κ3) is 5.22. The van der Waals surface area contributed by atoms with Crippen LogP contribution in [-0.4, -0.2) is 30.5 Å². The van der Waals surface area contributed by atoms with Gasteiger partial charge in [-0.05, 0) is 43.2 Å². The summed E-state index contributed by atoms with van der Waals surface area (Å²) in [4.78, 5) is 18.9. The van der Waals surface area contributed by atoms with Crippen molar-refractivity contribution in [2.24, 2.45) is 11.8 Å². The maximum absolute atomic E-state index is 12.1. The maximum atomic E-state index is 12.1. The summed E-state index contributed by atoms with van der Waals surface area (Å²) in [6.45, 7) is 2.93. The highest BCUT2D eigenvalue weighted by Crippen LogP contribution is 2.27. The summed E-state index contributed by atoms with van der Waals surface area (Å²) in [6.07, 6.45) is 12.7. The smallest absolute Gasteiger partial charge is 0.220 e. The molecule has 3 rings (SSSR count). The number of amides is 1. The summed E-state index contributed by atoms with van der Waals surface area (Å²) in [5.41, 5.74) is 0. The highest BCUT2D eigenvalue weighted by atomic mass is 16.1. The predicted molar refractivity (Wildman–Crippen MR) is 98.0 cm³/mol. The monoisotopic (exact) mass is 329 g/mol. The summed E-state index contributed by atoms with van der Waals surface area (Å²) in [5, 5.41) is 3.17. The SMILES string of the molecule is O=C(CCC1CCCCC1)NCC1CCN(c2ccccn2)CC1. The van der Waals surface area contributed by atoms with Crippen LogP contribution in [0.3, 0.4) is 0 Å². The molecule has 1 aromatic heterocycles. The number of nitrogens with one attached hydrogen (secondary N) is 1. The number of anilines is 1. The van der Waals surface area contributed by atoms with Crippen molar-refractivity contribution in [1.29, 1.82) is 0 Å². The highest BCUT2D eigenvalue weighted by Gasteiger charge is 2.21. The lowest BCUT2D eigenvalue weighted by Gasteiger charge is -2.32. The molecule has 24 heavy (non-hydrogen) atoms. The number of hydrogen-bond donors (Lipinski definition) is 1. The average molecular weight is 329 g/mol. The molecule has 0 radical (unpaired) electrons. The summed E-state index contributed by atoms with van der Waals surface area (Å²) in [7, 11) is 0. The Morgan fingerprint density at radius 2 is 1.88 bits per heavy atom. The van der Waals surface area contributed by atoms with Crippen molar-refractivity contribution in [3.63, 3.8) is 0 Å². The van der Waals surface area contributed by atoms with Crippen LogP contribution in [0.2, 0.25) is 0 Å². The van der Waals surface area contributed by atoms with E-state index in [1.165, 1.54) is 32.1 Å². The van der Waals surface area contributed by atoms with Gasteiger partial charge in [-0.25, -0.2) is 4.98 Å². The van der Waals surface area contributed by atoms with Crippen LogP contribution < -0.4 is 10.2 Å². The molecule has 1 aromatic rings.